The Labute approximate surface area is 61.4 Å². The van der Waals surface area contributed by atoms with Crippen molar-refractivity contribution in [2.45, 2.75) is 0 Å². The molecule has 0 fully saturated rings. The molecule has 0 aliphatic heterocycles. The van der Waals surface area contributed by atoms with Gasteiger partial charge in [0.1, 0.15) is 11.3 Å². The number of rotatable bonds is 1. The Morgan fingerprint density at radius 1 is 1.56 bits per heavy atom. The van der Waals surface area contributed by atoms with E-state index in [0.29, 0.717) is 6.29 Å². The molecule has 0 amide bonds. The quantitative estimate of drug-likeness (QED) is 0.598. The molecule has 1 heterocycles. The molecule has 4 heteroatoms. The SMILES string of the molecule is O=Cc1occ(Cl)c1Cl. The summed E-state index contributed by atoms with van der Waals surface area (Å²) in [7, 11) is 0. The molecule has 0 radical (unpaired) electrons. The molecule has 0 aliphatic carbocycles. The van der Waals surface area contributed by atoms with E-state index in [9.17, 15) is 4.79 Å². The van der Waals surface area contributed by atoms with Crippen LogP contribution in [0.3, 0.4) is 0 Å². The maximum atomic E-state index is 10.0. The molecule has 0 aliphatic rings. The van der Waals surface area contributed by atoms with Gasteiger partial charge < -0.3 is 4.42 Å². The van der Waals surface area contributed by atoms with Gasteiger partial charge in [-0.25, -0.2) is 0 Å². The first-order valence-corrected chi connectivity index (χ1v) is 2.89. The van der Waals surface area contributed by atoms with Gasteiger partial charge in [0, 0.05) is 0 Å². The van der Waals surface area contributed by atoms with Crippen molar-refractivity contribution in [2.75, 3.05) is 0 Å². The van der Waals surface area contributed by atoms with Crippen LogP contribution in [0.2, 0.25) is 10.0 Å². The normalized spacial score (nSPS) is 9.56. The molecule has 1 rings (SSSR count). The van der Waals surface area contributed by atoms with Gasteiger partial charge in [-0.1, -0.05) is 23.2 Å². The Hall–Kier alpha value is -0.470. The molecule has 0 aromatic carbocycles. The van der Waals surface area contributed by atoms with E-state index in [1.807, 2.05) is 0 Å². The Morgan fingerprint density at radius 3 is 2.44 bits per heavy atom. The van der Waals surface area contributed by atoms with Crippen LogP contribution >= 0.6 is 23.2 Å². The minimum absolute atomic E-state index is 0.0710. The monoisotopic (exact) mass is 164 g/mol. The molecule has 0 saturated carbocycles. The summed E-state index contributed by atoms with van der Waals surface area (Å²) in [5.41, 5.74) is 0. The summed E-state index contributed by atoms with van der Waals surface area (Å²) < 4.78 is 4.61. The van der Waals surface area contributed by atoms with Crippen molar-refractivity contribution in [1.82, 2.24) is 0 Å². The van der Waals surface area contributed by atoms with Gasteiger partial charge in [-0.2, -0.15) is 0 Å². The highest BCUT2D eigenvalue weighted by atomic mass is 35.5. The molecule has 0 saturated heterocycles. The van der Waals surface area contributed by atoms with Crippen molar-refractivity contribution in [2.24, 2.45) is 0 Å². The van der Waals surface area contributed by atoms with Gasteiger partial charge in [0.25, 0.3) is 0 Å². The first kappa shape index (κ1) is 6.65. The van der Waals surface area contributed by atoms with Gasteiger partial charge in [-0.15, -0.1) is 0 Å². The smallest absolute Gasteiger partial charge is 0.186 e. The number of carbonyl (C=O) groups excluding carboxylic acids is 1. The summed E-state index contributed by atoms with van der Waals surface area (Å²) in [5, 5.41) is 0.436. The van der Waals surface area contributed by atoms with Crippen molar-refractivity contribution in [3.63, 3.8) is 0 Å². The van der Waals surface area contributed by atoms with E-state index in [1.54, 1.807) is 0 Å². The second kappa shape index (κ2) is 2.42. The molecule has 0 unspecified atom stereocenters. The number of halogens is 2. The lowest BCUT2D eigenvalue weighted by molar-refractivity contribution is 0.110. The van der Waals surface area contributed by atoms with Gasteiger partial charge in [0.15, 0.2) is 12.0 Å². The van der Waals surface area contributed by atoms with Crippen LogP contribution < -0.4 is 0 Å². The third-order valence-electron chi connectivity index (χ3n) is 0.822. The van der Waals surface area contributed by atoms with E-state index in [4.69, 9.17) is 23.2 Å². The van der Waals surface area contributed by atoms with Crippen molar-refractivity contribution >= 4 is 29.5 Å². The fourth-order valence-corrected chi connectivity index (χ4v) is 0.687. The van der Waals surface area contributed by atoms with E-state index in [-0.39, 0.29) is 15.8 Å². The van der Waals surface area contributed by atoms with Gasteiger partial charge in [-0.3, -0.25) is 4.79 Å². The zero-order valence-corrected chi connectivity index (χ0v) is 5.74. The lowest BCUT2D eigenvalue weighted by atomic mass is 10.5. The summed E-state index contributed by atoms with van der Waals surface area (Å²) in [6.45, 7) is 0. The van der Waals surface area contributed by atoms with Crippen LogP contribution in [0.4, 0.5) is 0 Å². The second-order valence-corrected chi connectivity index (χ2v) is 2.16. The van der Waals surface area contributed by atoms with Gasteiger partial charge in [-0.05, 0) is 0 Å². The number of aldehydes is 1. The molecule has 0 N–H and O–H groups in total. The molecular formula is C5H2Cl2O2. The Bertz CT molecular complexity index is 229. The molecule has 0 spiro atoms. The summed E-state index contributed by atoms with van der Waals surface area (Å²) in [6, 6.07) is 0. The van der Waals surface area contributed by atoms with E-state index in [1.165, 1.54) is 6.26 Å². The van der Waals surface area contributed by atoms with E-state index in [2.05, 4.69) is 4.42 Å². The number of hydrogen-bond donors (Lipinski definition) is 0. The highest BCUT2D eigenvalue weighted by molar-refractivity contribution is 6.43. The maximum Gasteiger partial charge on any atom is 0.186 e. The largest absolute Gasteiger partial charge is 0.458 e. The van der Waals surface area contributed by atoms with Crippen molar-refractivity contribution < 1.29 is 9.21 Å². The fourth-order valence-electron chi connectivity index (χ4n) is 0.416. The Morgan fingerprint density at radius 2 is 2.22 bits per heavy atom. The van der Waals surface area contributed by atoms with Crippen molar-refractivity contribution in [1.29, 1.82) is 0 Å². The lowest BCUT2D eigenvalue weighted by Gasteiger charge is -1.78. The van der Waals surface area contributed by atoms with E-state index >= 15 is 0 Å². The first-order valence-electron chi connectivity index (χ1n) is 2.13. The van der Waals surface area contributed by atoms with Crippen molar-refractivity contribution in [3.05, 3.63) is 22.1 Å². The highest BCUT2D eigenvalue weighted by Gasteiger charge is 2.06. The molecule has 1 aromatic heterocycles. The predicted molar refractivity (Wildman–Crippen MR) is 34.1 cm³/mol. The fraction of sp³-hybridized carbons (Fsp3) is 0. The standard InChI is InChI=1S/C5H2Cl2O2/c6-3-2-9-4(1-8)5(3)7/h1-2H. The molecule has 48 valence electrons. The third-order valence-corrected chi connectivity index (χ3v) is 1.59. The average Bonchev–Trinajstić information content (AvgIpc) is 2.15. The first-order chi connectivity index (χ1) is 4.25. The molecule has 0 bridgehead atoms. The van der Waals surface area contributed by atoms with Crippen molar-refractivity contribution in [3.8, 4) is 0 Å². The molecule has 9 heavy (non-hydrogen) atoms. The van der Waals surface area contributed by atoms with E-state index < -0.39 is 0 Å². The zero-order valence-electron chi connectivity index (χ0n) is 4.23. The van der Waals surface area contributed by atoms with Gasteiger partial charge in [0.2, 0.25) is 0 Å². The number of carbonyl (C=O) groups is 1. The van der Waals surface area contributed by atoms with Crippen LogP contribution in [0, 0.1) is 0 Å². The molecule has 2 nitrogen and oxygen atoms in total. The molecule has 1 aromatic rings. The number of hydrogen-bond acceptors (Lipinski definition) is 2. The number of furan rings is 1. The van der Waals surface area contributed by atoms with Crippen LogP contribution in [0.25, 0.3) is 0 Å². The topological polar surface area (TPSA) is 30.2 Å². The Balaban J connectivity index is 3.18. The molecule has 0 atom stereocenters. The summed E-state index contributed by atoms with van der Waals surface area (Å²) in [4.78, 5) is 10.0. The third kappa shape index (κ3) is 1.09. The summed E-state index contributed by atoms with van der Waals surface area (Å²) >= 11 is 10.9. The van der Waals surface area contributed by atoms with E-state index in [0.717, 1.165) is 0 Å². The van der Waals surface area contributed by atoms with Crippen LogP contribution in [0.15, 0.2) is 10.7 Å². The van der Waals surface area contributed by atoms with Crippen LogP contribution in [0.5, 0.6) is 0 Å². The van der Waals surface area contributed by atoms with Gasteiger partial charge >= 0.3 is 0 Å². The zero-order chi connectivity index (χ0) is 6.85. The predicted octanol–water partition coefficient (Wildman–Crippen LogP) is 2.40. The second-order valence-electron chi connectivity index (χ2n) is 1.38. The highest BCUT2D eigenvalue weighted by Crippen LogP contribution is 2.25. The average molecular weight is 165 g/mol. The lowest BCUT2D eigenvalue weighted by Crippen LogP contribution is -1.70. The van der Waals surface area contributed by atoms with Crippen LogP contribution in [-0.4, -0.2) is 6.29 Å². The maximum absolute atomic E-state index is 10.0. The van der Waals surface area contributed by atoms with Crippen LogP contribution in [0.1, 0.15) is 10.6 Å². The minimum Gasteiger partial charge on any atom is -0.458 e. The summed E-state index contributed by atoms with van der Waals surface area (Å²) in [5.74, 6) is 0.0710. The molecular weight excluding hydrogens is 163 g/mol. The Kier molecular flexibility index (Phi) is 1.78. The minimum atomic E-state index is 0.0710. The van der Waals surface area contributed by atoms with Gasteiger partial charge in [0.05, 0.1) is 5.02 Å². The van der Waals surface area contributed by atoms with Crippen LogP contribution in [-0.2, 0) is 0 Å². The summed E-state index contributed by atoms with van der Waals surface area (Å²) in [6.07, 6.45) is 1.72.